The van der Waals surface area contributed by atoms with Gasteiger partial charge in [0, 0.05) is 25.0 Å². The lowest BCUT2D eigenvalue weighted by atomic mass is 9.42. The Morgan fingerprint density at radius 2 is 1.86 bits per heavy atom. The number of nitrogens with one attached hydrogen (secondary N) is 1. The molecular weight excluding hydrogens is 358 g/mol. The third kappa shape index (κ3) is 3.17. The minimum Gasteiger partial charge on any atom is -0.396 e. The monoisotopic (exact) mass is 399 g/mol. The molecule has 1 saturated heterocycles. The molecule has 4 saturated carbocycles. The quantitative estimate of drug-likeness (QED) is 0.682. The number of ketones is 1. The molecule has 0 bridgehead atoms. The van der Waals surface area contributed by atoms with Gasteiger partial charge in [-0.2, -0.15) is 0 Å². The van der Waals surface area contributed by atoms with Crippen LogP contribution in [-0.4, -0.2) is 30.6 Å². The first-order chi connectivity index (χ1) is 14.0. The Balaban J connectivity index is 1.36. The van der Waals surface area contributed by atoms with Gasteiger partial charge in [-0.25, -0.2) is 0 Å². The van der Waals surface area contributed by atoms with Gasteiger partial charge in [0.05, 0.1) is 0 Å². The van der Waals surface area contributed by atoms with E-state index in [1.807, 2.05) is 0 Å². The summed E-state index contributed by atoms with van der Waals surface area (Å²) in [4.78, 5) is 12.7. The van der Waals surface area contributed by atoms with E-state index in [1.165, 1.54) is 45.1 Å². The molecule has 1 aliphatic heterocycles. The second kappa shape index (κ2) is 7.48. The number of aliphatic hydroxyl groups excluding tert-OH is 1. The Labute approximate surface area is 177 Å². The van der Waals surface area contributed by atoms with Crippen LogP contribution in [0.25, 0.3) is 0 Å². The zero-order valence-corrected chi connectivity index (χ0v) is 18.5. The van der Waals surface area contributed by atoms with E-state index in [-0.39, 0.29) is 5.41 Å². The molecule has 0 aromatic carbocycles. The summed E-state index contributed by atoms with van der Waals surface area (Å²) in [5, 5.41) is 13.9. The number of aliphatic hydroxyl groups is 1. The molecule has 0 amide bonds. The summed E-state index contributed by atoms with van der Waals surface area (Å²) in [6.45, 7) is 7.49. The number of hydrogen-bond donors (Lipinski definition) is 2. The third-order valence-electron chi connectivity index (χ3n) is 10.6. The first kappa shape index (κ1) is 20.2. The molecule has 29 heavy (non-hydrogen) atoms. The summed E-state index contributed by atoms with van der Waals surface area (Å²) in [6, 6.07) is 0. The highest BCUT2D eigenvalue weighted by molar-refractivity contribution is 5.87. The lowest BCUT2D eigenvalue weighted by Crippen LogP contribution is -2.57. The van der Waals surface area contributed by atoms with E-state index in [0.717, 1.165) is 43.6 Å². The fourth-order valence-corrected chi connectivity index (χ4v) is 8.75. The molecule has 5 aliphatic rings. The average Bonchev–Trinajstić information content (AvgIpc) is 3.34. The molecule has 5 rings (SSSR count). The summed E-state index contributed by atoms with van der Waals surface area (Å²) in [5.41, 5.74) is 0.329. The van der Waals surface area contributed by atoms with Gasteiger partial charge in [0.2, 0.25) is 0 Å². The average molecular weight is 400 g/mol. The second-order valence-electron chi connectivity index (χ2n) is 11.8. The zero-order valence-electron chi connectivity index (χ0n) is 18.5. The molecule has 3 heteroatoms. The van der Waals surface area contributed by atoms with Crippen LogP contribution in [-0.2, 0) is 4.79 Å². The van der Waals surface area contributed by atoms with Gasteiger partial charge in [0.1, 0.15) is 5.78 Å². The molecule has 2 N–H and O–H groups in total. The molecule has 0 aromatic rings. The first-order valence-electron chi connectivity index (χ1n) is 12.5. The Morgan fingerprint density at radius 1 is 1.03 bits per heavy atom. The second-order valence-corrected chi connectivity index (χ2v) is 11.8. The van der Waals surface area contributed by atoms with E-state index in [0.29, 0.717) is 41.5 Å². The first-order valence-corrected chi connectivity index (χ1v) is 12.5. The van der Waals surface area contributed by atoms with Crippen LogP contribution in [0.2, 0.25) is 0 Å². The van der Waals surface area contributed by atoms with Gasteiger partial charge in [-0.3, -0.25) is 4.79 Å². The lowest BCUT2D eigenvalue weighted by molar-refractivity contribution is -0.154. The van der Waals surface area contributed by atoms with Gasteiger partial charge in [-0.05, 0) is 105 Å². The maximum atomic E-state index is 12.7. The molecule has 0 aromatic heterocycles. The summed E-state index contributed by atoms with van der Waals surface area (Å²) in [6.07, 6.45) is 15.7. The minimum atomic E-state index is -0.0902. The molecule has 0 spiro atoms. The van der Waals surface area contributed by atoms with Crippen molar-refractivity contribution in [1.29, 1.82) is 0 Å². The fourth-order valence-electron chi connectivity index (χ4n) is 8.75. The van der Waals surface area contributed by atoms with Crippen LogP contribution in [0.5, 0.6) is 0 Å². The number of rotatable bonds is 3. The topological polar surface area (TPSA) is 49.3 Å². The zero-order chi connectivity index (χ0) is 20.2. The van der Waals surface area contributed by atoms with Gasteiger partial charge in [-0.15, -0.1) is 0 Å². The van der Waals surface area contributed by atoms with Crippen LogP contribution in [0.4, 0.5) is 0 Å². The largest absolute Gasteiger partial charge is 0.396 e. The van der Waals surface area contributed by atoms with Crippen molar-refractivity contribution >= 4 is 5.78 Å². The van der Waals surface area contributed by atoms with Gasteiger partial charge in [-0.1, -0.05) is 26.0 Å². The molecule has 3 nitrogen and oxygen atoms in total. The van der Waals surface area contributed by atoms with Crippen molar-refractivity contribution in [3.8, 4) is 0 Å². The molecular formula is C26H41NO2. The maximum absolute atomic E-state index is 12.7. The number of carbonyl (C=O) groups is 1. The Kier molecular flexibility index (Phi) is 5.22. The van der Waals surface area contributed by atoms with Crippen molar-refractivity contribution in [3.05, 3.63) is 12.2 Å². The molecule has 1 unspecified atom stereocenters. The van der Waals surface area contributed by atoms with E-state index in [9.17, 15) is 9.90 Å². The van der Waals surface area contributed by atoms with Gasteiger partial charge < -0.3 is 10.4 Å². The molecule has 162 valence electrons. The summed E-state index contributed by atoms with van der Waals surface area (Å²) in [5.74, 6) is 4.94. The Bertz CT molecular complexity index is 668. The molecule has 5 fully saturated rings. The summed E-state index contributed by atoms with van der Waals surface area (Å²) >= 11 is 0. The SMILES string of the molecule is C[C@]12CC[C@@H](C=C[C@@H]3CCNC3)CC1C[C@@H](CO)[C@@H]1[C@@H]2CC[C@]2(C)C(=O)CC[C@@H]12. The number of carbonyl (C=O) groups excluding carboxylic acids is 1. The number of allylic oxidation sites excluding steroid dienone is 1. The fraction of sp³-hybridized carbons (Fsp3) is 0.885. The van der Waals surface area contributed by atoms with Crippen LogP contribution < -0.4 is 5.32 Å². The van der Waals surface area contributed by atoms with E-state index < -0.39 is 0 Å². The van der Waals surface area contributed by atoms with Crippen molar-refractivity contribution in [2.45, 2.75) is 71.6 Å². The van der Waals surface area contributed by atoms with Crippen LogP contribution in [0.15, 0.2) is 12.2 Å². The van der Waals surface area contributed by atoms with Crippen LogP contribution in [0.3, 0.4) is 0 Å². The van der Waals surface area contributed by atoms with Crippen molar-refractivity contribution in [1.82, 2.24) is 5.32 Å². The normalized spacial score (nSPS) is 52.4. The molecule has 1 heterocycles. The molecule has 0 radical (unpaired) electrons. The van der Waals surface area contributed by atoms with Crippen LogP contribution in [0.1, 0.15) is 71.6 Å². The Morgan fingerprint density at radius 3 is 2.62 bits per heavy atom. The summed E-state index contributed by atoms with van der Waals surface area (Å²) in [7, 11) is 0. The van der Waals surface area contributed by atoms with Crippen LogP contribution >= 0.6 is 0 Å². The molecule has 9 atom stereocenters. The summed E-state index contributed by atoms with van der Waals surface area (Å²) < 4.78 is 0. The van der Waals surface area contributed by atoms with Gasteiger partial charge in [0.15, 0.2) is 0 Å². The van der Waals surface area contributed by atoms with Crippen molar-refractivity contribution in [3.63, 3.8) is 0 Å². The van der Waals surface area contributed by atoms with E-state index >= 15 is 0 Å². The van der Waals surface area contributed by atoms with Crippen molar-refractivity contribution < 1.29 is 9.90 Å². The smallest absolute Gasteiger partial charge is 0.139 e. The van der Waals surface area contributed by atoms with Crippen LogP contribution in [0, 0.1) is 52.3 Å². The number of hydrogen-bond acceptors (Lipinski definition) is 3. The highest BCUT2D eigenvalue weighted by atomic mass is 16.3. The number of fused-ring (bicyclic) bond motifs is 5. The lowest BCUT2D eigenvalue weighted by Gasteiger charge is -2.62. The van der Waals surface area contributed by atoms with E-state index in [2.05, 4.69) is 31.3 Å². The van der Waals surface area contributed by atoms with Crippen molar-refractivity contribution in [2.24, 2.45) is 52.3 Å². The predicted molar refractivity (Wildman–Crippen MR) is 116 cm³/mol. The molecule has 4 aliphatic carbocycles. The standard InChI is InChI=1S/C26H41NO2/c1-25-10-7-17(3-4-18-9-12-27-15-18)13-20(25)14-19(16-28)24-21-5-6-23(29)26(21,2)11-8-22(24)25/h3-4,17-22,24,27-28H,5-16H2,1-2H3/t17-,18-,19+,20?,21+,22+,24+,25+,26+/m1/s1. The predicted octanol–water partition coefficient (Wildman–Crippen LogP) is 4.60. The highest BCUT2D eigenvalue weighted by Gasteiger charge is 2.62. The highest BCUT2D eigenvalue weighted by Crippen LogP contribution is 2.67. The number of Topliss-reactive ketones (excluding diaryl/α,β-unsaturated/α-hetero) is 1. The van der Waals surface area contributed by atoms with E-state index in [4.69, 9.17) is 0 Å². The minimum absolute atomic E-state index is 0.0902. The maximum Gasteiger partial charge on any atom is 0.139 e. The van der Waals surface area contributed by atoms with E-state index in [1.54, 1.807) is 0 Å². The van der Waals surface area contributed by atoms with Crippen molar-refractivity contribution in [2.75, 3.05) is 19.7 Å². The Hall–Kier alpha value is -0.670. The third-order valence-corrected chi connectivity index (χ3v) is 10.6. The van der Waals surface area contributed by atoms with Gasteiger partial charge in [0.25, 0.3) is 0 Å². The van der Waals surface area contributed by atoms with Gasteiger partial charge >= 0.3 is 0 Å².